The Bertz CT molecular complexity index is 560. The van der Waals surface area contributed by atoms with Gasteiger partial charge in [0.2, 0.25) is 0 Å². The molecule has 4 heteroatoms. The maximum Gasteiger partial charge on any atom is 0.121 e. The van der Waals surface area contributed by atoms with Crippen molar-refractivity contribution in [1.29, 1.82) is 0 Å². The van der Waals surface area contributed by atoms with Gasteiger partial charge >= 0.3 is 0 Å². The Labute approximate surface area is 128 Å². The van der Waals surface area contributed by atoms with Crippen LogP contribution in [0.25, 0.3) is 0 Å². The number of pyridine rings is 1. The van der Waals surface area contributed by atoms with E-state index in [9.17, 15) is 0 Å². The molecule has 0 aliphatic carbocycles. The molecule has 0 fully saturated rings. The summed E-state index contributed by atoms with van der Waals surface area (Å²) in [5, 5.41) is 3.38. The Morgan fingerprint density at radius 1 is 1.30 bits per heavy atom. The molecule has 1 N–H and O–H groups in total. The van der Waals surface area contributed by atoms with Gasteiger partial charge in [0, 0.05) is 35.2 Å². The molecule has 20 heavy (non-hydrogen) atoms. The summed E-state index contributed by atoms with van der Waals surface area (Å²) in [7, 11) is 0. The average molecular weight is 335 g/mol. The van der Waals surface area contributed by atoms with Crippen molar-refractivity contribution in [2.45, 2.75) is 32.9 Å². The predicted molar refractivity (Wildman–Crippen MR) is 86.1 cm³/mol. The second-order valence-corrected chi connectivity index (χ2v) is 5.65. The van der Waals surface area contributed by atoms with Crippen LogP contribution < -0.4 is 10.1 Å². The van der Waals surface area contributed by atoms with E-state index in [2.05, 4.69) is 46.1 Å². The van der Waals surface area contributed by atoms with E-state index >= 15 is 0 Å². The second-order valence-electron chi connectivity index (χ2n) is 4.73. The summed E-state index contributed by atoms with van der Waals surface area (Å²) in [5.41, 5.74) is 2.18. The number of nitrogens with zero attached hydrogens (tertiary/aromatic N) is 1. The molecule has 3 nitrogen and oxygen atoms in total. The lowest BCUT2D eigenvalue weighted by atomic mass is 10.2. The lowest BCUT2D eigenvalue weighted by Gasteiger charge is -2.14. The first-order chi connectivity index (χ1) is 9.67. The molecule has 1 aromatic heterocycles. The molecule has 0 radical (unpaired) electrons. The first kappa shape index (κ1) is 14.9. The molecule has 0 spiro atoms. The third-order valence-corrected chi connectivity index (χ3v) is 3.44. The quantitative estimate of drug-likeness (QED) is 0.835. The summed E-state index contributed by atoms with van der Waals surface area (Å²) >= 11 is 3.42. The van der Waals surface area contributed by atoms with Gasteiger partial charge in [-0.2, -0.15) is 0 Å². The smallest absolute Gasteiger partial charge is 0.121 e. The molecule has 1 aromatic carbocycles. The number of halogens is 1. The highest BCUT2D eigenvalue weighted by atomic mass is 79.9. The topological polar surface area (TPSA) is 34.1 Å². The molecular weight excluding hydrogens is 316 g/mol. The standard InChI is InChI=1S/C16H19BrN2O/c1-3-12(2)20-16-6-4-5-15(8-16)19-10-13-7-14(17)11-18-9-13/h4-9,11-12,19H,3,10H2,1-2H3. The summed E-state index contributed by atoms with van der Waals surface area (Å²) in [5.74, 6) is 0.900. The Morgan fingerprint density at radius 2 is 2.15 bits per heavy atom. The molecule has 0 saturated carbocycles. The fraction of sp³-hybridized carbons (Fsp3) is 0.312. The van der Waals surface area contributed by atoms with Crippen molar-refractivity contribution < 1.29 is 4.74 Å². The van der Waals surface area contributed by atoms with Gasteiger partial charge in [0.15, 0.2) is 0 Å². The molecule has 0 saturated heterocycles. The van der Waals surface area contributed by atoms with Crippen molar-refractivity contribution in [1.82, 2.24) is 4.98 Å². The van der Waals surface area contributed by atoms with Crippen molar-refractivity contribution in [3.05, 3.63) is 52.8 Å². The van der Waals surface area contributed by atoms with E-state index in [0.29, 0.717) is 0 Å². The Morgan fingerprint density at radius 3 is 2.90 bits per heavy atom. The molecule has 0 aliphatic heterocycles. The number of anilines is 1. The zero-order chi connectivity index (χ0) is 14.4. The zero-order valence-corrected chi connectivity index (χ0v) is 13.4. The van der Waals surface area contributed by atoms with Gasteiger partial charge in [-0.3, -0.25) is 4.98 Å². The number of ether oxygens (including phenoxy) is 1. The molecule has 1 heterocycles. The van der Waals surface area contributed by atoms with Crippen LogP contribution in [-0.4, -0.2) is 11.1 Å². The van der Waals surface area contributed by atoms with Gasteiger partial charge in [-0.1, -0.05) is 13.0 Å². The summed E-state index contributed by atoms with van der Waals surface area (Å²) in [6, 6.07) is 10.1. The summed E-state index contributed by atoms with van der Waals surface area (Å²) in [4.78, 5) is 4.15. The number of hydrogen-bond donors (Lipinski definition) is 1. The fourth-order valence-corrected chi connectivity index (χ4v) is 2.16. The van der Waals surface area contributed by atoms with E-state index in [-0.39, 0.29) is 6.10 Å². The van der Waals surface area contributed by atoms with Gasteiger partial charge in [0.1, 0.15) is 5.75 Å². The van der Waals surface area contributed by atoms with Crippen molar-refractivity contribution in [2.24, 2.45) is 0 Å². The molecular formula is C16H19BrN2O. The van der Waals surface area contributed by atoms with Crippen LogP contribution in [-0.2, 0) is 6.54 Å². The highest BCUT2D eigenvalue weighted by Crippen LogP contribution is 2.20. The number of aromatic nitrogens is 1. The van der Waals surface area contributed by atoms with Crippen LogP contribution in [0.15, 0.2) is 47.2 Å². The van der Waals surface area contributed by atoms with Gasteiger partial charge in [0.05, 0.1) is 6.10 Å². The SMILES string of the molecule is CCC(C)Oc1cccc(NCc2cncc(Br)c2)c1. The average Bonchev–Trinajstić information content (AvgIpc) is 2.45. The van der Waals surface area contributed by atoms with Crippen LogP contribution >= 0.6 is 15.9 Å². The van der Waals surface area contributed by atoms with E-state index in [0.717, 1.165) is 34.4 Å². The minimum absolute atomic E-state index is 0.236. The van der Waals surface area contributed by atoms with Crippen LogP contribution in [0.1, 0.15) is 25.8 Å². The third kappa shape index (κ3) is 4.53. The minimum atomic E-state index is 0.236. The predicted octanol–water partition coefficient (Wildman–Crippen LogP) is 4.63. The lowest BCUT2D eigenvalue weighted by Crippen LogP contribution is -2.09. The van der Waals surface area contributed by atoms with Crippen LogP contribution in [0.5, 0.6) is 5.75 Å². The first-order valence-corrected chi connectivity index (χ1v) is 7.56. The van der Waals surface area contributed by atoms with E-state index in [1.54, 1.807) is 6.20 Å². The van der Waals surface area contributed by atoms with Gasteiger partial charge in [-0.15, -0.1) is 0 Å². The van der Waals surface area contributed by atoms with Crippen LogP contribution in [0.4, 0.5) is 5.69 Å². The largest absolute Gasteiger partial charge is 0.491 e. The van der Waals surface area contributed by atoms with E-state index in [1.807, 2.05) is 30.5 Å². The molecule has 0 amide bonds. The number of rotatable bonds is 6. The monoisotopic (exact) mass is 334 g/mol. The Hall–Kier alpha value is -1.55. The van der Waals surface area contributed by atoms with Crippen molar-refractivity contribution in [2.75, 3.05) is 5.32 Å². The normalized spacial score (nSPS) is 11.9. The maximum absolute atomic E-state index is 5.82. The van der Waals surface area contributed by atoms with Crippen LogP contribution in [0.3, 0.4) is 0 Å². The summed E-state index contributed by atoms with van der Waals surface area (Å²) < 4.78 is 6.81. The maximum atomic E-state index is 5.82. The molecule has 1 unspecified atom stereocenters. The minimum Gasteiger partial charge on any atom is -0.491 e. The van der Waals surface area contributed by atoms with E-state index < -0.39 is 0 Å². The Kier molecular flexibility index (Phi) is 5.41. The van der Waals surface area contributed by atoms with Crippen molar-refractivity contribution in [3.63, 3.8) is 0 Å². The molecule has 2 aromatic rings. The van der Waals surface area contributed by atoms with Crippen molar-refractivity contribution >= 4 is 21.6 Å². The lowest BCUT2D eigenvalue weighted by molar-refractivity contribution is 0.217. The third-order valence-electron chi connectivity index (χ3n) is 3.00. The zero-order valence-electron chi connectivity index (χ0n) is 11.8. The van der Waals surface area contributed by atoms with Gasteiger partial charge in [-0.25, -0.2) is 0 Å². The fourth-order valence-electron chi connectivity index (χ4n) is 1.75. The Balaban J connectivity index is 1.97. The van der Waals surface area contributed by atoms with Gasteiger partial charge in [0.25, 0.3) is 0 Å². The molecule has 0 aliphatic rings. The molecule has 1 atom stereocenters. The summed E-state index contributed by atoms with van der Waals surface area (Å²) in [6.45, 7) is 4.93. The van der Waals surface area contributed by atoms with Crippen molar-refractivity contribution in [3.8, 4) is 5.75 Å². The van der Waals surface area contributed by atoms with E-state index in [4.69, 9.17) is 4.74 Å². The summed E-state index contributed by atoms with van der Waals surface area (Å²) in [6.07, 6.45) is 4.88. The molecule has 0 bridgehead atoms. The number of nitrogens with one attached hydrogen (secondary N) is 1. The highest BCUT2D eigenvalue weighted by molar-refractivity contribution is 9.10. The number of hydrogen-bond acceptors (Lipinski definition) is 3. The molecule has 2 rings (SSSR count). The van der Waals surface area contributed by atoms with Crippen LogP contribution in [0, 0.1) is 0 Å². The number of benzene rings is 1. The molecule has 106 valence electrons. The van der Waals surface area contributed by atoms with Gasteiger partial charge in [-0.05, 0) is 53.0 Å². The van der Waals surface area contributed by atoms with Gasteiger partial charge < -0.3 is 10.1 Å². The van der Waals surface area contributed by atoms with E-state index in [1.165, 1.54) is 0 Å². The first-order valence-electron chi connectivity index (χ1n) is 6.77. The second kappa shape index (κ2) is 7.29. The van der Waals surface area contributed by atoms with Crippen LogP contribution in [0.2, 0.25) is 0 Å². The highest BCUT2D eigenvalue weighted by Gasteiger charge is 2.02.